The molecule has 0 bridgehead atoms. The molecule has 3 nitrogen and oxygen atoms in total. The Hall–Kier alpha value is -0.570. The van der Waals surface area contributed by atoms with Crippen molar-refractivity contribution in [2.45, 2.75) is 32.6 Å². The van der Waals surface area contributed by atoms with Crippen LogP contribution >= 0.6 is 0 Å². The second-order valence-corrected chi connectivity index (χ2v) is 4.14. The predicted molar refractivity (Wildman–Crippen MR) is 58.1 cm³/mol. The highest BCUT2D eigenvalue weighted by Gasteiger charge is 2.18. The molecule has 82 valence electrons. The lowest BCUT2D eigenvalue weighted by atomic mass is 9.95. The topological polar surface area (TPSA) is 32.3 Å². The predicted octanol–water partition coefficient (Wildman–Crippen LogP) is 1.24. The Bertz CT molecular complexity index is 182. The lowest BCUT2D eigenvalue weighted by Crippen LogP contribution is -2.37. The van der Waals surface area contributed by atoms with E-state index in [2.05, 4.69) is 17.1 Å². The fourth-order valence-electron chi connectivity index (χ4n) is 2.07. The summed E-state index contributed by atoms with van der Waals surface area (Å²) in [5, 5.41) is 2.66. The first kappa shape index (κ1) is 11.5. The Balaban J connectivity index is 2.20. The number of piperidine rings is 1. The quantitative estimate of drug-likeness (QED) is 0.737. The summed E-state index contributed by atoms with van der Waals surface area (Å²) >= 11 is 0. The third-order valence-corrected chi connectivity index (χ3v) is 3.11. The summed E-state index contributed by atoms with van der Waals surface area (Å²) in [5.41, 5.74) is 0. The Morgan fingerprint density at radius 3 is 3.00 bits per heavy atom. The number of carbonyl (C=O) groups is 1. The van der Waals surface area contributed by atoms with Crippen LogP contribution < -0.4 is 5.32 Å². The Morgan fingerprint density at radius 1 is 1.57 bits per heavy atom. The summed E-state index contributed by atoms with van der Waals surface area (Å²) in [4.78, 5) is 13.5. The van der Waals surface area contributed by atoms with Gasteiger partial charge in [0, 0.05) is 26.6 Å². The average molecular weight is 198 g/mol. The van der Waals surface area contributed by atoms with Gasteiger partial charge < -0.3 is 10.2 Å². The van der Waals surface area contributed by atoms with Gasteiger partial charge in [-0.3, -0.25) is 4.79 Å². The number of amides is 1. The molecule has 1 rings (SSSR count). The van der Waals surface area contributed by atoms with Gasteiger partial charge in [-0.25, -0.2) is 0 Å². The maximum absolute atomic E-state index is 11.1. The van der Waals surface area contributed by atoms with Crippen molar-refractivity contribution in [1.29, 1.82) is 0 Å². The second-order valence-electron chi connectivity index (χ2n) is 4.14. The zero-order valence-electron chi connectivity index (χ0n) is 9.38. The first-order valence-electron chi connectivity index (χ1n) is 5.69. The molecule has 1 amide bonds. The standard InChI is InChI=1S/C11H22N2O/c1-3-10-5-4-7-13(9-10)8-6-11(14)12-2/h10H,3-9H2,1-2H3,(H,12,14). The van der Waals surface area contributed by atoms with Crippen LogP contribution in [0, 0.1) is 5.92 Å². The molecule has 1 saturated heterocycles. The maximum Gasteiger partial charge on any atom is 0.221 e. The zero-order valence-corrected chi connectivity index (χ0v) is 9.38. The van der Waals surface area contributed by atoms with Crippen molar-refractivity contribution in [3.8, 4) is 0 Å². The molecule has 1 aliphatic rings. The van der Waals surface area contributed by atoms with Gasteiger partial charge in [0.1, 0.15) is 0 Å². The number of likely N-dealkylation sites (tertiary alicyclic amines) is 1. The monoisotopic (exact) mass is 198 g/mol. The summed E-state index contributed by atoms with van der Waals surface area (Å²) in [6.45, 7) is 5.55. The molecule has 0 aromatic heterocycles. The normalized spacial score (nSPS) is 23.4. The molecular weight excluding hydrogens is 176 g/mol. The summed E-state index contributed by atoms with van der Waals surface area (Å²) in [6, 6.07) is 0. The van der Waals surface area contributed by atoms with Crippen LogP contribution in [0.15, 0.2) is 0 Å². The third-order valence-electron chi connectivity index (χ3n) is 3.11. The molecule has 1 unspecified atom stereocenters. The number of nitrogens with zero attached hydrogens (tertiary/aromatic N) is 1. The molecule has 1 aliphatic heterocycles. The molecule has 0 spiro atoms. The van der Waals surface area contributed by atoms with E-state index < -0.39 is 0 Å². The number of rotatable bonds is 4. The molecule has 1 atom stereocenters. The van der Waals surface area contributed by atoms with Crippen LogP contribution in [0.4, 0.5) is 0 Å². The van der Waals surface area contributed by atoms with Crippen molar-refractivity contribution in [2.24, 2.45) is 5.92 Å². The second kappa shape index (κ2) is 6.02. The van der Waals surface area contributed by atoms with E-state index in [0.717, 1.165) is 12.5 Å². The fourth-order valence-corrected chi connectivity index (χ4v) is 2.07. The summed E-state index contributed by atoms with van der Waals surface area (Å²) in [5.74, 6) is 1.01. The van der Waals surface area contributed by atoms with Crippen molar-refractivity contribution in [3.05, 3.63) is 0 Å². The van der Waals surface area contributed by atoms with Gasteiger partial charge in [0.25, 0.3) is 0 Å². The largest absolute Gasteiger partial charge is 0.359 e. The SMILES string of the molecule is CCC1CCCN(CCC(=O)NC)C1. The van der Waals surface area contributed by atoms with Crippen LogP contribution in [-0.2, 0) is 4.79 Å². The van der Waals surface area contributed by atoms with Gasteiger partial charge in [-0.15, -0.1) is 0 Å². The van der Waals surface area contributed by atoms with Gasteiger partial charge in [0.15, 0.2) is 0 Å². The minimum Gasteiger partial charge on any atom is -0.359 e. The van der Waals surface area contributed by atoms with Gasteiger partial charge in [-0.1, -0.05) is 13.3 Å². The lowest BCUT2D eigenvalue weighted by Gasteiger charge is -2.31. The molecule has 0 aromatic rings. The Kier molecular flexibility index (Phi) is 4.94. The molecule has 0 aliphatic carbocycles. The van der Waals surface area contributed by atoms with Crippen molar-refractivity contribution < 1.29 is 4.79 Å². The number of nitrogens with one attached hydrogen (secondary N) is 1. The lowest BCUT2D eigenvalue weighted by molar-refractivity contribution is -0.121. The maximum atomic E-state index is 11.1. The van der Waals surface area contributed by atoms with E-state index in [4.69, 9.17) is 0 Å². The molecule has 1 heterocycles. The summed E-state index contributed by atoms with van der Waals surface area (Å²) < 4.78 is 0. The average Bonchev–Trinajstić information content (AvgIpc) is 2.26. The molecule has 0 radical (unpaired) electrons. The minimum absolute atomic E-state index is 0.156. The molecule has 3 heteroatoms. The molecule has 1 fully saturated rings. The van der Waals surface area contributed by atoms with Gasteiger partial charge >= 0.3 is 0 Å². The molecular formula is C11H22N2O. The van der Waals surface area contributed by atoms with Gasteiger partial charge in [-0.05, 0) is 25.3 Å². The molecule has 14 heavy (non-hydrogen) atoms. The smallest absolute Gasteiger partial charge is 0.221 e. The van der Waals surface area contributed by atoms with Crippen molar-refractivity contribution >= 4 is 5.91 Å². The first-order chi connectivity index (χ1) is 6.76. The summed E-state index contributed by atoms with van der Waals surface area (Å²) in [7, 11) is 1.70. The van der Waals surface area contributed by atoms with E-state index in [1.54, 1.807) is 7.05 Å². The minimum atomic E-state index is 0.156. The van der Waals surface area contributed by atoms with E-state index in [1.165, 1.54) is 32.4 Å². The summed E-state index contributed by atoms with van der Waals surface area (Å²) in [6.07, 6.45) is 4.59. The van der Waals surface area contributed by atoms with Crippen LogP contribution in [0.5, 0.6) is 0 Å². The first-order valence-corrected chi connectivity index (χ1v) is 5.69. The van der Waals surface area contributed by atoms with Crippen LogP contribution in [0.25, 0.3) is 0 Å². The van der Waals surface area contributed by atoms with Gasteiger partial charge in [0.05, 0.1) is 0 Å². The highest BCUT2D eigenvalue weighted by Crippen LogP contribution is 2.18. The zero-order chi connectivity index (χ0) is 10.4. The Labute approximate surface area is 86.9 Å². The van der Waals surface area contributed by atoms with Crippen LogP contribution in [0.3, 0.4) is 0 Å². The van der Waals surface area contributed by atoms with E-state index in [0.29, 0.717) is 6.42 Å². The molecule has 0 saturated carbocycles. The number of hydrogen-bond donors (Lipinski definition) is 1. The highest BCUT2D eigenvalue weighted by molar-refractivity contribution is 5.75. The molecule has 0 aromatic carbocycles. The molecule has 1 N–H and O–H groups in total. The third kappa shape index (κ3) is 3.66. The van der Waals surface area contributed by atoms with E-state index in [1.807, 2.05) is 0 Å². The van der Waals surface area contributed by atoms with Crippen molar-refractivity contribution in [1.82, 2.24) is 10.2 Å². The highest BCUT2D eigenvalue weighted by atomic mass is 16.1. The fraction of sp³-hybridized carbons (Fsp3) is 0.909. The van der Waals surface area contributed by atoms with Crippen molar-refractivity contribution in [2.75, 3.05) is 26.7 Å². The Morgan fingerprint density at radius 2 is 2.36 bits per heavy atom. The van der Waals surface area contributed by atoms with Crippen LogP contribution in [0.1, 0.15) is 32.6 Å². The van der Waals surface area contributed by atoms with Gasteiger partial charge in [-0.2, -0.15) is 0 Å². The van der Waals surface area contributed by atoms with Crippen LogP contribution in [0.2, 0.25) is 0 Å². The number of carbonyl (C=O) groups excluding carboxylic acids is 1. The van der Waals surface area contributed by atoms with Gasteiger partial charge in [0.2, 0.25) is 5.91 Å². The van der Waals surface area contributed by atoms with Crippen molar-refractivity contribution in [3.63, 3.8) is 0 Å². The van der Waals surface area contributed by atoms with E-state index in [9.17, 15) is 4.79 Å². The van der Waals surface area contributed by atoms with E-state index in [-0.39, 0.29) is 5.91 Å². The van der Waals surface area contributed by atoms with E-state index >= 15 is 0 Å². The van der Waals surface area contributed by atoms with Crippen LogP contribution in [-0.4, -0.2) is 37.5 Å². The number of hydrogen-bond acceptors (Lipinski definition) is 2.